The maximum Gasteiger partial charge on any atom is -0.00445 e. The van der Waals surface area contributed by atoms with Gasteiger partial charge in [-0.2, -0.15) is 0 Å². The van der Waals surface area contributed by atoms with Crippen LogP contribution in [0.1, 0.15) is 32.6 Å². The third kappa shape index (κ3) is 4.83. The summed E-state index contributed by atoms with van der Waals surface area (Å²) in [4.78, 5) is 0. The predicted molar refractivity (Wildman–Crippen MR) is 67.4 cm³/mol. The molecule has 0 unspecified atom stereocenters. The summed E-state index contributed by atoms with van der Waals surface area (Å²) in [5.74, 6) is 1.62. The second kappa shape index (κ2) is 7.28. The van der Waals surface area contributed by atoms with Crippen LogP contribution in [0.25, 0.3) is 0 Å². The third-order valence-corrected chi connectivity index (χ3v) is 2.66. The van der Waals surface area contributed by atoms with Crippen LogP contribution in [0.3, 0.4) is 0 Å². The van der Waals surface area contributed by atoms with Gasteiger partial charge in [-0.1, -0.05) is 56.0 Å². The Bertz CT molecular complexity index is 227. The molecule has 0 atom stereocenters. The Kier molecular flexibility index (Phi) is 5.84. The van der Waals surface area contributed by atoms with Crippen LogP contribution in [0.4, 0.5) is 0 Å². The third-order valence-electron chi connectivity index (χ3n) is 2.66. The van der Waals surface area contributed by atoms with Crippen LogP contribution in [0.5, 0.6) is 0 Å². The maximum absolute atomic E-state index is 5.15. The highest BCUT2D eigenvalue weighted by Gasteiger charge is 2.19. The van der Waals surface area contributed by atoms with Crippen LogP contribution in [0.15, 0.2) is 42.5 Å². The molecule has 0 saturated heterocycles. The normalized spacial score (nSPS) is 25.7. The number of allylic oxidation sites excluding steroid dienone is 7. The number of rotatable bonds is 4. The van der Waals surface area contributed by atoms with Gasteiger partial charge in [0, 0.05) is 0 Å². The fraction of sp³-hybridized carbons (Fsp3) is 0.467. The van der Waals surface area contributed by atoms with E-state index >= 15 is 0 Å². The van der Waals surface area contributed by atoms with Crippen molar-refractivity contribution in [2.24, 2.45) is 11.8 Å². The summed E-state index contributed by atoms with van der Waals surface area (Å²) in [6.07, 6.45) is 19.8. The first-order valence-corrected chi connectivity index (χ1v) is 5.92. The number of fused-ring (bicyclic) bond motifs is 2. The topological polar surface area (TPSA) is 0 Å². The zero-order chi connectivity index (χ0) is 10.9. The summed E-state index contributed by atoms with van der Waals surface area (Å²) < 4.78 is 0. The van der Waals surface area contributed by atoms with Crippen molar-refractivity contribution in [1.82, 2.24) is 0 Å². The van der Waals surface area contributed by atoms with E-state index in [4.69, 9.17) is 6.58 Å². The largest absolute Gasteiger partial charge is 0.0888 e. The average molecular weight is 201 g/mol. The maximum atomic E-state index is 5.15. The SMILES string of the molecule is C1=CC2C=CC1C2.[CH]=CCCC=CCC. The van der Waals surface area contributed by atoms with E-state index in [9.17, 15) is 0 Å². The molecule has 0 nitrogen and oxygen atoms in total. The molecule has 0 fully saturated rings. The number of hydrogen-bond donors (Lipinski definition) is 0. The molecule has 1 radical (unpaired) electrons. The standard InChI is InChI=1S/C8H13.C7H8/c1-3-5-7-8-6-4-2;1-2-7-4-3-6(1)5-7/h1,3,6,8H,4-5,7H2,2H3;1-4,6-7H,5H2. The first-order valence-electron chi connectivity index (χ1n) is 5.92. The molecule has 0 aliphatic heterocycles. The monoisotopic (exact) mass is 201 g/mol. The molecule has 0 aromatic rings. The van der Waals surface area contributed by atoms with Crippen LogP contribution >= 0.6 is 0 Å². The van der Waals surface area contributed by atoms with Gasteiger partial charge < -0.3 is 0 Å². The summed E-state index contributed by atoms with van der Waals surface area (Å²) >= 11 is 0. The van der Waals surface area contributed by atoms with E-state index in [1.807, 2.05) is 0 Å². The summed E-state index contributed by atoms with van der Waals surface area (Å²) in [5, 5.41) is 0. The van der Waals surface area contributed by atoms with Crippen molar-refractivity contribution in [3.8, 4) is 0 Å². The van der Waals surface area contributed by atoms with Gasteiger partial charge in [0.25, 0.3) is 0 Å². The molecule has 2 aliphatic rings. The van der Waals surface area contributed by atoms with Gasteiger partial charge in [-0.15, -0.1) is 0 Å². The molecular weight excluding hydrogens is 180 g/mol. The molecule has 2 bridgehead atoms. The fourth-order valence-corrected chi connectivity index (χ4v) is 1.80. The molecule has 2 rings (SSSR count). The quantitative estimate of drug-likeness (QED) is 0.465. The van der Waals surface area contributed by atoms with Gasteiger partial charge in [-0.3, -0.25) is 0 Å². The van der Waals surface area contributed by atoms with E-state index in [1.54, 1.807) is 6.08 Å². The smallest absolute Gasteiger partial charge is 0.00445 e. The molecule has 0 heteroatoms. The Morgan fingerprint density at radius 3 is 2.00 bits per heavy atom. The van der Waals surface area contributed by atoms with E-state index in [1.165, 1.54) is 6.42 Å². The van der Waals surface area contributed by atoms with Crippen molar-refractivity contribution in [3.63, 3.8) is 0 Å². The Hall–Kier alpha value is -1.04. The van der Waals surface area contributed by atoms with E-state index < -0.39 is 0 Å². The van der Waals surface area contributed by atoms with Gasteiger partial charge in [-0.25, -0.2) is 0 Å². The van der Waals surface area contributed by atoms with Gasteiger partial charge in [-0.05, 0) is 37.5 Å². The highest BCUT2D eigenvalue weighted by atomic mass is 14.2. The van der Waals surface area contributed by atoms with Gasteiger partial charge >= 0.3 is 0 Å². The van der Waals surface area contributed by atoms with Crippen molar-refractivity contribution in [2.45, 2.75) is 32.6 Å². The van der Waals surface area contributed by atoms with Crippen molar-refractivity contribution in [1.29, 1.82) is 0 Å². The molecule has 0 spiro atoms. The van der Waals surface area contributed by atoms with Crippen molar-refractivity contribution >= 4 is 0 Å². The minimum absolute atomic E-state index is 0.810. The van der Waals surface area contributed by atoms with Crippen LogP contribution in [0, 0.1) is 18.4 Å². The molecule has 81 valence electrons. The minimum atomic E-state index is 0.810. The van der Waals surface area contributed by atoms with Crippen molar-refractivity contribution < 1.29 is 0 Å². The Balaban J connectivity index is 0.000000150. The van der Waals surface area contributed by atoms with Crippen molar-refractivity contribution in [3.05, 3.63) is 49.1 Å². The molecular formula is C15H21. The number of hydrogen-bond acceptors (Lipinski definition) is 0. The van der Waals surface area contributed by atoms with Crippen LogP contribution < -0.4 is 0 Å². The molecule has 0 heterocycles. The van der Waals surface area contributed by atoms with Crippen molar-refractivity contribution in [2.75, 3.05) is 0 Å². The van der Waals surface area contributed by atoms with Gasteiger partial charge in [0.1, 0.15) is 0 Å². The molecule has 0 amide bonds. The van der Waals surface area contributed by atoms with Crippen LogP contribution in [0.2, 0.25) is 0 Å². The summed E-state index contributed by atoms with van der Waals surface area (Å²) in [7, 11) is 0. The van der Waals surface area contributed by atoms with Gasteiger partial charge in [0.2, 0.25) is 0 Å². The summed E-state index contributed by atoms with van der Waals surface area (Å²) in [5.41, 5.74) is 0. The zero-order valence-electron chi connectivity index (χ0n) is 9.60. The highest BCUT2D eigenvalue weighted by Crippen LogP contribution is 2.31. The molecule has 0 aromatic heterocycles. The first kappa shape index (κ1) is 12.0. The lowest BCUT2D eigenvalue weighted by Crippen LogP contribution is -1.79. The second-order valence-corrected chi connectivity index (χ2v) is 4.03. The number of unbranched alkanes of at least 4 members (excludes halogenated alkanes) is 1. The first-order chi connectivity index (χ1) is 7.36. The van der Waals surface area contributed by atoms with Gasteiger partial charge in [0.05, 0.1) is 0 Å². The molecule has 0 N–H and O–H groups in total. The van der Waals surface area contributed by atoms with Gasteiger partial charge in [0.15, 0.2) is 0 Å². The van der Waals surface area contributed by atoms with Crippen LogP contribution in [-0.2, 0) is 0 Å². The summed E-state index contributed by atoms with van der Waals surface area (Å²) in [6, 6.07) is 0. The second-order valence-electron chi connectivity index (χ2n) is 4.03. The average Bonchev–Trinajstić information content (AvgIpc) is 2.89. The lowest BCUT2D eigenvalue weighted by Gasteiger charge is -1.88. The molecule has 0 aromatic carbocycles. The van der Waals surface area contributed by atoms with E-state index in [-0.39, 0.29) is 0 Å². The molecule has 2 aliphatic carbocycles. The fourth-order valence-electron chi connectivity index (χ4n) is 1.80. The van der Waals surface area contributed by atoms with Crippen LogP contribution in [-0.4, -0.2) is 0 Å². The Labute approximate surface area is 94.1 Å². The van der Waals surface area contributed by atoms with E-state index in [0.717, 1.165) is 31.1 Å². The predicted octanol–water partition coefficient (Wildman–Crippen LogP) is 4.47. The lowest BCUT2D eigenvalue weighted by atomic mass is 10.2. The Morgan fingerprint density at radius 1 is 1.07 bits per heavy atom. The highest BCUT2D eigenvalue weighted by molar-refractivity contribution is 5.21. The lowest BCUT2D eigenvalue weighted by molar-refractivity contribution is 0.732. The molecule has 15 heavy (non-hydrogen) atoms. The minimum Gasteiger partial charge on any atom is -0.0888 e. The Morgan fingerprint density at radius 2 is 1.67 bits per heavy atom. The zero-order valence-corrected chi connectivity index (χ0v) is 9.60. The van der Waals surface area contributed by atoms with E-state index in [2.05, 4.69) is 43.4 Å². The molecule has 0 saturated carbocycles. The summed E-state index contributed by atoms with van der Waals surface area (Å²) in [6.45, 7) is 7.28. The van der Waals surface area contributed by atoms with E-state index in [0.29, 0.717) is 0 Å².